The molecule has 0 N–H and O–H groups in total. The largest absolute Gasteiger partial charge is 0.319 e. The Morgan fingerprint density at radius 3 is 2.79 bits per heavy atom. The Bertz CT molecular complexity index is 647. The van der Waals surface area contributed by atoms with E-state index in [0.717, 1.165) is 24.2 Å². The molecule has 1 aliphatic carbocycles. The molecule has 2 aromatic rings. The molecule has 1 heterocycles. The predicted octanol–water partition coefficient (Wildman–Crippen LogP) is 2.74. The lowest BCUT2D eigenvalue weighted by molar-refractivity contribution is -0.119. The number of thiazole rings is 1. The molecule has 1 amide bonds. The van der Waals surface area contributed by atoms with Gasteiger partial charge in [0, 0.05) is 24.0 Å². The fourth-order valence-electron chi connectivity index (χ4n) is 1.91. The average molecular weight is 272 g/mol. The lowest BCUT2D eigenvalue weighted by Crippen LogP contribution is -2.17. The predicted molar refractivity (Wildman–Crippen MR) is 75.9 cm³/mol. The van der Waals surface area contributed by atoms with Crippen LogP contribution in [0.1, 0.15) is 24.0 Å². The van der Waals surface area contributed by atoms with Crippen LogP contribution in [0.5, 0.6) is 0 Å². The normalized spacial score (nSPS) is 15.7. The van der Waals surface area contributed by atoms with E-state index in [0.29, 0.717) is 0 Å². The van der Waals surface area contributed by atoms with Crippen molar-refractivity contribution in [1.29, 1.82) is 0 Å². The van der Waals surface area contributed by atoms with Crippen molar-refractivity contribution < 1.29 is 4.79 Å². The highest BCUT2D eigenvalue weighted by Gasteiger charge is 2.29. The third-order valence-electron chi connectivity index (χ3n) is 3.27. The number of aryl methyl sites for hydroxylation is 1. The average Bonchev–Trinajstić information content (AvgIpc) is 3.17. The van der Waals surface area contributed by atoms with Gasteiger partial charge in [0.05, 0.1) is 0 Å². The van der Waals surface area contributed by atoms with Crippen molar-refractivity contribution in [2.45, 2.75) is 26.3 Å². The number of nitrogens with zero attached hydrogens (tertiary/aromatic N) is 2. The van der Waals surface area contributed by atoms with Crippen LogP contribution >= 0.6 is 11.3 Å². The maximum atomic E-state index is 11.7. The van der Waals surface area contributed by atoms with Crippen molar-refractivity contribution in [2.75, 3.05) is 0 Å². The zero-order chi connectivity index (χ0) is 13.2. The molecule has 0 aliphatic heterocycles. The molecule has 0 saturated heterocycles. The monoisotopic (exact) mass is 272 g/mol. The molecule has 1 aromatic heterocycles. The molecule has 1 aromatic carbocycles. The van der Waals surface area contributed by atoms with E-state index >= 15 is 0 Å². The van der Waals surface area contributed by atoms with Crippen LogP contribution in [0.3, 0.4) is 0 Å². The minimum absolute atomic E-state index is 0.0418. The van der Waals surface area contributed by atoms with Gasteiger partial charge >= 0.3 is 0 Å². The first-order valence-electron chi connectivity index (χ1n) is 6.50. The second-order valence-electron chi connectivity index (χ2n) is 5.02. The van der Waals surface area contributed by atoms with E-state index in [1.165, 1.54) is 22.5 Å². The minimum Gasteiger partial charge on any atom is -0.319 e. The van der Waals surface area contributed by atoms with Crippen LogP contribution in [-0.4, -0.2) is 10.5 Å². The second-order valence-corrected chi connectivity index (χ2v) is 5.90. The number of carbonyl (C=O) groups is 1. The Morgan fingerprint density at radius 1 is 1.37 bits per heavy atom. The van der Waals surface area contributed by atoms with Crippen molar-refractivity contribution in [3.8, 4) is 0 Å². The van der Waals surface area contributed by atoms with Gasteiger partial charge in [-0.05, 0) is 25.3 Å². The van der Waals surface area contributed by atoms with E-state index < -0.39 is 0 Å². The van der Waals surface area contributed by atoms with Gasteiger partial charge < -0.3 is 4.57 Å². The molecule has 0 unspecified atom stereocenters. The van der Waals surface area contributed by atoms with Gasteiger partial charge in [-0.2, -0.15) is 4.99 Å². The first kappa shape index (κ1) is 12.4. The fraction of sp³-hybridized carbons (Fsp3) is 0.333. The van der Waals surface area contributed by atoms with E-state index in [1.54, 1.807) is 0 Å². The molecule has 3 nitrogen and oxygen atoms in total. The first-order chi connectivity index (χ1) is 9.22. The van der Waals surface area contributed by atoms with Gasteiger partial charge in [0.1, 0.15) is 0 Å². The maximum Gasteiger partial charge on any atom is 0.251 e. The highest BCUT2D eigenvalue weighted by atomic mass is 32.1. The smallest absolute Gasteiger partial charge is 0.251 e. The van der Waals surface area contributed by atoms with E-state index in [4.69, 9.17) is 0 Å². The van der Waals surface area contributed by atoms with Crippen LogP contribution in [0.25, 0.3) is 0 Å². The van der Waals surface area contributed by atoms with E-state index in [9.17, 15) is 4.79 Å². The lowest BCUT2D eigenvalue weighted by Gasteiger charge is -2.03. The van der Waals surface area contributed by atoms with E-state index in [-0.39, 0.29) is 11.8 Å². The number of aromatic nitrogens is 1. The molecule has 4 heteroatoms. The molecule has 0 spiro atoms. The van der Waals surface area contributed by atoms with Gasteiger partial charge in [-0.15, -0.1) is 11.3 Å². The van der Waals surface area contributed by atoms with Gasteiger partial charge in [-0.3, -0.25) is 4.79 Å². The number of hydrogen-bond donors (Lipinski definition) is 0. The fourth-order valence-corrected chi connectivity index (χ4v) is 2.65. The zero-order valence-electron chi connectivity index (χ0n) is 10.9. The molecule has 3 rings (SSSR count). The van der Waals surface area contributed by atoms with E-state index in [1.807, 2.05) is 16.1 Å². The number of amides is 1. The van der Waals surface area contributed by atoms with Crippen molar-refractivity contribution in [3.05, 3.63) is 51.8 Å². The lowest BCUT2D eigenvalue weighted by atomic mass is 10.1. The quantitative estimate of drug-likeness (QED) is 0.846. The summed E-state index contributed by atoms with van der Waals surface area (Å²) in [5, 5.41) is 1.98. The molecule has 1 saturated carbocycles. The van der Waals surface area contributed by atoms with Crippen molar-refractivity contribution >= 4 is 17.2 Å². The van der Waals surface area contributed by atoms with Gasteiger partial charge in [0.25, 0.3) is 5.91 Å². The summed E-state index contributed by atoms with van der Waals surface area (Å²) in [4.78, 5) is 16.8. The van der Waals surface area contributed by atoms with Crippen LogP contribution in [0.2, 0.25) is 0 Å². The molecule has 0 atom stereocenters. The standard InChI is InChI=1S/C15H16N2OS/c1-11-2-4-12(5-3-11)10-17-8-9-19-15(17)16-14(18)13-6-7-13/h2-5,8-9,13H,6-7,10H2,1H3. The van der Waals surface area contributed by atoms with E-state index in [2.05, 4.69) is 36.2 Å². The second kappa shape index (κ2) is 5.13. The van der Waals surface area contributed by atoms with Gasteiger partial charge in [0.15, 0.2) is 4.80 Å². The van der Waals surface area contributed by atoms with Crippen molar-refractivity contribution in [2.24, 2.45) is 10.9 Å². The summed E-state index contributed by atoms with van der Waals surface area (Å²) in [6, 6.07) is 8.45. The van der Waals surface area contributed by atoms with Gasteiger partial charge in [-0.25, -0.2) is 0 Å². The summed E-state index contributed by atoms with van der Waals surface area (Å²) in [6.07, 6.45) is 4.00. The van der Waals surface area contributed by atoms with Gasteiger partial charge in [-0.1, -0.05) is 29.8 Å². The molecule has 1 fully saturated rings. The Kier molecular flexibility index (Phi) is 3.34. The van der Waals surface area contributed by atoms with Crippen LogP contribution in [0, 0.1) is 12.8 Å². The van der Waals surface area contributed by atoms with Gasteiger partial charge in [0.2, 0.25) is 0 Å². The molecule has 19 heavy (non-hydrogen) atoms. The Labute approximate surface area is 116 Å². The van der Waals surface area contributed by atoms with Crippen LogP contribution in [0.15, 0.2) is 40.8 Å². The third kappa shape index (κ3) is 3.01. The molecule has 1 aliphatic rings. The summed E-state index contributed by atoms with van der Waals surface area (Å²) >= 11 is 1.52. The van der Waals surface area contributed by atoms with Crippen molar-refractivity contribution in [1.82, 2.24) is 4.57 Å². The Morgan fingerprint density at radius 2 is 2.11 bits per heavy atom. The van der Waals surface area contributed by atoms with Crippen LogP contribution in [0.4, 0.5) is 0 Å². The van der Waals surface area contributed by atoms with Crippen molar-refractivity contribution in [3.63, 3.8) is 0 Å². The summed E-state index contributed by atoms with van der Waals surface area (Å²) < 4.78 is 2.04. The molecule has 0 radical (unpaired) electrons. The maximum absolute atomic E-state index is 11.7. The summed E-state index contributed by atoms with van der Waals surface area (Å²) in [5.74, 6) is 0.232. The highest BCUT2D eigenvalue weighted by molar-refractivity contribution is 7.07. The van der Waals surface area contributed by atoms with Crippen LogP contribution < -0.4 is 4.80 Å². The molecule has 0 bridgehead atoms. The minimum atomic E-state index is 0.0418. The number of rotatable bonds is 3. The molecular formula is C15H16N2OS. The molecular weight excluding hydrogens is 256 g/mol. The number of benzene rings is 1. The molecule has 98 valence electrons. The number of carbonyl (C=O) groups excluding carboxylic acids is 1. The third-order valence-corrected chi connectivity index (χ3v) is 4.06. The SMILES string of the molecule is Cc1ccc(Cn2ccsc2=NC(=O)C2CC2)cc1. The zero-order valence-corrected chi connectivity index (χ0v) is 11.7. The first-order valence-corrected chi connectivity index (χ1v) is 7.38. The topological polar surface area (TPSA) is 34.4 Å². The highest BCUT2D eigenvalue weighted by Crippen LogP contribution is 2.29. The summed E-state index contributed by atoms with van der Waals surface area (Å²) in [6.45, 7) is 2.84. The summed E-state index contributed by atoms with van der Waals surface area (Å²) in [7, 11) is 0. The summed E-state index contributed by atoms with van der Waals surface area (Å²) in [5.41, 5.74) is 2.48. The van der Waals surface area contributed by atoms with Crippen LogP contribution in [-0.2, 0) is 11.3 Å². The Balaban J connectivity index is 1.83. The Hall–Kier alpha value is -1.68. The number of hydrogen-bond acceptors (Lipinski definition) is 2.